The molecule has 6 heavy (non-hydrogen) atoms. The molecular formula is C2HN2O2. The van der Waals surface area contributed by atoms with Crippen LogP contribution in [0.25, 0.3) is 0 Å². The maximum absolute atomic E-state index is 4.07. The van der Waals surface area contributed by atoms with Gasteiger partial charge in [0.05, 0.1) is 5.28 Å². The van der Waals surface area contributed by atoms with Gasteiger partial charge in [0.1, 0.15) is 0 Å². The van der Waals surface area contributed by atoms with Gasteiger partial charge in [0.25, 0.3) is 0 Å². The van der Waals surface area contributed by atoms with Gasteiger partial charge in [-0.3, -0.25) is 4.89 Å². The predicted molar refractivity (Wildman–Crippen MR) is 14.8 cm³/mol. The van der Waals surface area contributed by atoms with Crippen LogP contribution in [0.1, 0.15) is 0 Å². The van der Waals surface area contributed by atoms with Crippen LogP contribution in [0.15, 0.2) is 16.7 Å². The minimum Gasteiger partial charge on any atom is -0.272 e. The highest BCUT2D eigenvalue weighted by Gasteiger charge is 1.79. The minimum absolute atomic E-state index is 1.16. The fourth-order valence-corrected chi connectivity index (χ4v) is 0.126. The summed E-state index contributed by atoms with van der Waals surface area (Å²) in [6, 6.07) is 0. The average Bonchev–Trinajstić information content (AvgIpc) is 1.72. The van der Waals surface area contributed by atoms with Gasteiger partial charge in [-0.2, -0.15) is 0 Å². The molecule has 1 heterocycles. The maximum atomic E-state index is 4.07. The first-order valence-corrected chi connectivity index (χ1v) is 1.30. The van der Waals surface area contributed by atoms with Crippen LogP contribution in [0.4, 0.5) is 0 Å². The Morgan fingerprint density at radius 2 is 2.67 bits per heavy atom. The molecule has 0 spiro atoms. The smallest absolute Gasteiger partial charge is 0.175 e. The Labute approximate surface area is 34.0 Å². The second-order valence-corrected chi connectivity index (χ2v) is 0.599. The fourth-order valence-electron chi connectivity index (χ4n) is 0.126. The van der Waals surface area contributed by atoms with Gasteiger partial charge in [0.2, 0.25) is 0 Å². The van der Waals surface area contributed by atoms with Crippen molar-refractivity contribution in [2.75, 3.05) is 0 Å². The summed E-state index contributed by atoms with van der Waals surface area (Å²) in [5.41, 5.74) is 0. The molecule has 1 rings (SSSR count). The van der Waals surface area contributed by atoms with E-state index in [1.54, 1.807) is 0 Å². The Bertz CT molecular complexity index is 75.5. The predicted octanol–water partition coefficient (Wildman–Crippen LogP) is 0.590. The highest BCUT2D eigenvalue weighted by atomic mass is 17.3. The van der Waals surface area contributed by atoms with Crippen molar-refractivity contribution < 1.29 is 9.88 Å². The molecule has 0 fully saturated rings. The van der Waals surface area contributed by atoms with E-state index in [9.17, 15) is 0 Å². The lowest BCUT2D eigenvalue weighted by Crippen LogP contribution is -1.78. The van der Waals surface area contributed by atoms with Crippen LogP contribution in [0.3, 0.4) is 0 Å². The van der Waals surface area contributed by atoms with Crippen molar-refractivity contribution in [2.24, 2.45) is 10.4 Å². The summed E-state index contributed by atoms with van der Waals surface area (Å²) in [5.74, 6) is 0. The molecule has 0 saturated carbocycles. The summed E-state index contributed by atoms with van der Waals surface area (Å²) in [6.45, 7) is 0. The maximum Gasteiger partial charge on any atom is 0.175 e. The van der Waals surface area contributed by atoms with E-state index in [0.29, 0.717) is 0 Å². The summed E-state index contributed by atoms with van der Waals surface area (Å²) in [4.78, 5) is 7.98. The summed E-state index contributed by atoms with van der Waals surface area (Å²) in [5, 5.41) is 6.09. The number of rotatable bonds is 0. The molecule has 1 radical (unpaired) electrons. The largest absolute Gasteiger partial charge is 0.272 e. The number of hydrogen-bond acceptors (Lipinski definition) is 4. The molecule has 0 amide bonds. The standard InChI is InChI=1S/C2HN2O2/c1-2-5-6-4-3-1/h2H. The van der Waals surface area contributed by atoms with Crippen LogP contribution < -0.4 is 0 Å². The van der Waals surface area contributed by atoms with Crippen molar-refractivity contribution in [3.05, 3.63) is 12.5 Å². The Kier molecular flexibility index (Phi) is 0.731. The molecule has 0 saturated heterocycles. The number of nitrogens with zero attached hydrogens (tertiary/aromatic N) is 2. The van der Waals surface area contributed by atoms with E-state index in [2.05, 4.69) is 26.5 Å². The Morgan fingerprint density at radius 1 is 1.67 bits per heavy atom. The third-order valence-corrected chi connectivity index (χ3v) is 0.276. The van der Waals surface area contributed by atoms with E-state index >= 15 is 0 Å². The normalized spacial score (nSPS) is 16.0. The van der Waals surface area contributed by atoms with Crippen LogP contribution in [0, 0.1) is 6.20 Å². The van der Waals surface area contributed by atoms with Crippen LogP contribution in [-0.2, 0) is 9.88 Å². The van der Waals surface area contributed by atoms with Gasteiger partial charge in [0, 0.05) is 0 Å². The Morgan fingerprint density at radius 3 is 2.83 bits per heavy atom. The van der Waals surface area contributed by atoms with Gasteiger partial charge in [0.15, 0.2) is 12.5 Å². The van der Waals surface area contributed by atoms with Crippen molar-refractivity contribution in [1.82, 2.24) is 0 Å². The van der Waals surface area contributed by atoms with Crippen LogP contribution in [-0.4, -0.2) is 0 Å². The van der Waals surface area contributed by atoms with Crippen molar-refractivity contribution in [3.8, 4) is 0 Å². The second kappa shape index (κ2) is 1.40. The molecular weight excluding hydrogens is 84.0 g/mol. The molecule has 1 aliphatic heterocycles. The van der Waals surface area contributed by atoms with Crippen molar-refractivity contribution in [2.45, 2.75) is 0 Å². The SMILES string of the molecule is [C]1=COON=N1. The van der Waals surface area contributed by atoms with Gasteiger partial charge in [-0.15, -0.1) is 10.1 Å². The lowest BCUT2D eigenvalue weighted by molar-refractivity contribution is -0.263. The number of hydrogen-bond donors (Lipinski definition) is 0. The van der Waals surface area contributed by atoms with E-state index < -0.39 is 0 Å². The summed E-state index contributed by atoms with van der Waals surface area (Å²) < 4.78 is 0. The van der Waals surface area contributed by atoms with Gasteiger partial charge in [-0.05, 0) is 0 Å². The lowest BCUT2D eigenvalue weighted by Gasteiger charge is -1.89. The molecule has 31 valence electrons. The van der Waals surface area contributed by atoms with Crippen molar-refractivity contribution >= 4 is 0 Å². The molecule has 0 aliphatic carbocycles. The first-order chi connectivity index (χ1) is 3.00. The molecule has 1 aliphatic rings. The quantitative estimate of drug-likeness (QED) is 0.404. The Hall–Kier alpha value is -1.06. The van der Waals surface area contributed by atoms with E-state index in [1.165, 1.54) is 0 Å². The topological polar surface area (TPSA) is 43.2 Å². The molecule has 4 heteroatoms. The zero-order valence-electron chi connectivity index (χ0n) is 2.79. The monoisotopic (exact) mass is 85.0 g/mol. The molecule has 0 bridgehead atoms. The highest BCUT2D eigenvalue weighted by Crippen LogP contribution is 1.89. The van der Waals surface area contributed by atoms with Gasteiger partial charge >= 0.3 is 0 Å². The molecule has 0 aromatic heterocycles. The van der Waals surface area contributed by atoms with Gasteiger partial charge in [-0.25, -0.2) is 0 Å². The van der Waals surface area contributed by atoms with E-state index in [1.807, 2.05) is 0 Å². The second-order valence-electron chi connectivity index (χ2n) is 0.599. The lowest BCUT2D eigenvalue weighted by atomic mass is 11.0. The summed E-state index contributed by atoms with van der Waals surface area (Å²) >= 11 is 0. The average molecular weight is 85.0 g/mol. The van der Waals surface area contributed by atoms with Crippen molar-refractivity contribution in [1.29, 1.82) is 0 Å². The third-order valence-electron chi connectivity index (χ3n) is 0.276. The highest BCUT2D eigenvalue weighted by molar-refractivity contribution is 4.54. The first-order valence-electron chi connectivity index (χ1n) is 1.30. The molecule has 4 nitrogen and oxygen atoms in total. The minimum atomic E-state index is 1.16. The van der Waals surface area contributed by atoms with Gasteiger partial charge < -0.3 is 0 Å². The van der Waals surface area contributed by atoms with Gasteiger partial charge in [-0.1, -0.05) is 0 Å². The van der Waals surface area contributed by atoms with Crippen LogP contribution >= 0.6 is 0 Å². The Balaban J connectivity index is 2.46. The van der Waals surface area contributed by atoms with E-state index in [-0.39, 0.29) is 0 Å². The summed E-state index contributed by atoms with van der Waals surface area (Å²) in [7, 11) is 0. The van der Waals surface area contributed by atoms with Crippen molar-refractivity contribution in [3.63, 3.8) is 0 Å². The first kappa shape index (κ1) is 3.14. The zero-order valence-corrected chi connectivity index (χ0v) is 2.79. The zero-order chi connectivity index (χ0) is 4.24. The molecule has 0 aromatic carbocycles. The van der Waals surface area contributed by atoms with E-state index in [0.717, 1.165) is 6.26 Å². The molecule has 0 atom stereocenters. The molecule has 0 aromatic rings. The fraction of sp³-hybridized carbons (Fsp3) is 0. The molecule has 0 N–H and O–H groups in total. The third kappa shape index (κ3) is 0.453. The van der Waals surface area contributed by atoms with Crippen LogP contribution in [0.5, 0.6) is 0 Å². The van der Waals surface area contributed by atoms with E-state index in [4.69, 9.17) is 0 Å². The summed E-state index contributed by atoms with van der Waals surface area (Å²) in [6.07, 6.45) is 3.43. The van der Waals surface area contributed by atoms with Crippen LogP contribution in [0.2, 0.25) is 0 Å². The molecule has 0 unspecified atom stereocenters.